The van der Waals surface area contributed by atoms with E-state index >= 15 is 0 Å². The van der Waals surface area contributed by atoms with Gasteiger partial charge in [0.2, 0.25) is 0 Å². The minimum atomic E-state index is 0.526. The van der Waals surface area contributed by atoms with Gasteiger partial charge in [0.15, 0.2) is 0 Å². The molecule has 0 unspecified atom stereocenters. The van der Waals surface area contributed by atoms with E-state index in [0.29, 0.717) is 6.04 Å². The SMILES string of the molecule is CCSCCCn1ccc2c(CNC(C)C)cccc21. The van der Waals surface area contributed by atoms with Crippen molar-refractivity contribution in [3.05, 3.63) is 36.0 Å². The van der Waals surface area contributed by atoms with E-state index < -0.39 is 0 Å². The molecule has 110 valence electrons. The largest absolute Gasteiger partial charge is 0.347 e. The number of thioether (sulfide) groups is 1. The Morgan fingerprint density at radius 3 is 2.85 bits per heavy atom. The number of rotatable bonds is 8. The van der Waals surface area contributed by atoms with E-state index in [2.05, 4.69) is 61.1 Å². The van der Waals surface area contributed by atoms with Crippen molar-refractivity contribution in [1.82, 2.24) is 9.88 Å². The predicted octanol–water partition coefficient (Wildman–Crippen LogP) is 4.28. The maximum Gasteiger partial charge on any atom is 0.0483 e. The van der Waals surface area contributed by atoms with Gasteiger partial charge >= 0.3 is 0 Å². The third-order valence-electron chi connectivity index (χ3n) is 3.50. The second-order valence-corrected chi connectivity index (χ2v) is 6.84. The molecule has 0 aliphatic heterocycles. The highest BCUT2D eigenvalue weighted by Gasteiger charge is 2.05. The molecule has 2 nitrogen and oxygen atoms in total. The van der Waals surface area contributed by atoms with Gasteiger partial charge in [-0.3, -0.25) is 0 Å². The van der Waals surface area contributed by atoms with Crippen molar-refractivity contribution in [2.24, 2.45) is 0 Å². The first-order chi connectivity index (χ1) is 9.72. The number of aromatic nitrogens is 1. The zero-order chi connectivity index (χ0) is 14.4. The molecular formula is C17H26N2S. The minimum Gasteiger partial charge on any atom is -0.347 e. The van der Waals surface area contributed by atoms with Gasteiger partial charge in [-0.1, -0.05) is 32.9 Å². The smallest absolute Gasteiger partial charge is 0.0483 e. The molecular weight excluding hydrogens is 264 g/mol. The topological polar surface area (TPSA) is 17.0 Å². The normalized spacial score (nSPS) is 11.6. The summed E-state index contributed by atoms with van der Waals surface area (Å²) in [6.07, 6.45) is 3.48. The third kappa shape index (κ3) is 4.03. The number of hydrogen-bond acceptors (Lipinski definition) is 2. The molecule has 0 aliphatic rings. The Bertz CT molecular complexity index is 531. The fourth-order valence-corrected chi connectivity index (χ4v) is 3.05. The quantitative estimate of drug-likeness (QED) is 0.731. The molecule has 0 radical (unpaired) electrons. The van der Waals surface area contributed by atoms with Crippen LogP contribution in [0.5, 0.6) is 0 Å². The Labute approximate surface area is 126 Å². The van der Waals surface area contributed by atoms with Gasteiger partial charge in [-0.05, 0) is 35.6 Å². The first-order valence-corrected chi connectivity index (χ1v) is 8.75. The van der Waals surface area contributed by atoms with E-state index in [9.17, 15) is 0 Å². The summed E-state index contributed by atoms with van der Waals surface area (Å²) in [5.41, 5.74) is 2.77. The minimum absolute atomic E-state index is 0.526. The van der Waals surface area contributed by atoms with Crippen molar-refractivity contribution in [2.45, 2.75) is 46.3 Å². The van der Waals surface area contributed by atoms with E-state index in [0.717, 1.165) is 13.1 Å². The third-order valence-corrected chi connectivity index (χ3v) is 4.48. The summed E-state index contributed by atoms with van der Waals surface area (Å²) in [5, 5.41) is 4.90. The summed E-state index contributed by atoms with van der Waals surface area (Å²) in [6.45, 7) is 8.68. The van der Waals surface area contributed by atoms with Crippen LogP contribution in [0.3, 0.4) is 0 Å². The van der Waals surface area contributed by atoms with Gasteiger partial charge in [0.05, 0.1) is 0 Å². The van der Waals surface area contributed by atoms with Crippen LogP contribution in [0, 0.1) is 0 Å². The molecule has 0 saturated carbocycles. The molecule has 2 aromatic rings. The lowest BCUT2D eigenvalue weighted by molar-refractivity contribution is 0.590. The van der Waals surface area contributed by atoms with Crippen molar-refractivity contribution < 1.29 is 0 Å². The van der Waals surface area contributed by atoms with Gasteiger partial charge < -0.3 is 9.88 Å². The lowest BCUT2D eigenvalue weighted by Gasteiger charge is -2.10. The molecule has 3 heteroatoms. The number of nitrogens with one attached hydrogen (secondary N) is 1. The molecule has 1 aromatic carbocycles. The Morgan fingerprint density at radius 1 is 1.25 bits per heavy atom. The summed E-state index contributed by atoms with van der Waals surface area (Å²) in [7, 11) is 0. The summed E-state index contributed by atoms with van der Waals surface area (Å²) >= 11 is 2.03. The molecule has 20 heavy (non-hydrogen) atoms. The van der Waals surface area contributed by atoms with Crippen LogP contribution in [0.1, 0.15) is 32.8 Å². The Balaban J connectivity index is 2.08. The van der Waals surface area contributed by atoms with E-state index in [1.807, 2.05) is 11.8 Å². The molecule has 1 N–H and O–H groups in total. The average molecular weight is 290 g/mol. The standard InChI is InChI=1S/C17H26N2S/c1-4-20-12-6-10-19-11-9-16-15(13-18-14(2)3)7-5-8-17(16)19/h5,7-9,11,14,18H,4,6,10,12-13H2,1-3H3. The fourth-order valence-electron chi connectivity index (χ4n) is 2.43. The van der Waals surface area contributed by atoms with Crippen molar-refractivity contribution >= 4 is 22.7 Å². The number of aryl methyl sites for hydroxylation is 1. The van der Waals surface area contributed by atoms with E-state index in [1.54, 1.807) is 0 Å². The molecule has 0 fully saturated rings. The number of benzene rings is 1. The molecule has 0 saturated heterocycles. The summed E-state index contributed by atoms with van der Waals surface area (Å²) in [5.74, 6) is 2.47. The van der Waals surface area contributed by atoms with E-state index in [-0.39, 0.29) is 0 Å². The van der Waals surface area contributed by atoms with E-state index in [1.165, 1.54) is 34.4 Å². The maximum absolute atomic E-state index is 3.51. The van der Waals surface area contributed by atoms with Crippen LogP contribution in [0.4, 0.5) is 0 Å². The van der Waals surface area contributed by atoms with Gasteiger partial charge in [-0.15, -0.1) is 0 Å². The number of fused-ring (bicyclic) bond motifs is 1. The van der Waals surface area contributed by atoms with E-state index in [4.69, 9.17) is 0 Å². The highest BCUT2D eigenvalue weighted by atomic mass is 32.2. The molecule has 1 aromatic heterocycles. The lowest BCUT2D eigenvalue weighted by atomic mass is 10.1. The van der Waals surface area contributed by atoms with Gasteiger partial charge in [0, 0.05) is 36.2 Å². The Kier molecular flexibility index (Phi) is 5.99. The van der Waals surface area contributed by atoms with Crippen LogP contribution >= 0.6 is 11.8 Å². The fraction of sp³-hybridized carbons (Fsp3) is 0.529. The summed E-state index contributed by atoms with van der Waals surface area (Å²) < 4.78 is 2.39. The van der Waals surface area contributed by atoms with Gasteiger partial charge in [-0.25, -0.2) is 0 Å². The highest BCUT2D eigenvalue weighted by molar-refractivity contribution is 7.99. The van der Waals surface area contributed by atoms with Crippen LogP contribution in [0.15, 0.2) is 30.5 Å². The van der Waals surface area contributed by atoms with Crippen LogP contribution in [-0.2, 0) is 13.1 Å². The zero-order valence-corrected chi connectivity index (χ0v) is 13.7. The molecule has 1 heterocycles. The second-order valence-electron chi connectivity index (χ2n) is 5.45. The molecule has 0 bridgehead atoms. The molecule has 0 atom stereocenters. The monoisotopic (exact) mass is 290 g/mol. The molecule has 0 amide bonds. The van der Waals surface area contributed by atoms with Crippen molar-refractivity contribution in [1.29, 1.82) is 0 Å². The summed E-state index contributed by atoms with van der Waals surface area (Å²) in [6, 6.07) is 9.44. The molecule has 2 rings (SSSR count). The predicted molar refractivity (Wildman–Crippen MR) is 91.5 cm³/mol. The first kappa shape index (κ1) is 15.5. The maximum atomic E-state index is 3.51. The van der Waals surface area contributed by atoms with Crippen LogP contribution < -0.4 is 5.32 Å². The number of hydrogen-bond donors (Lipinski definition) is 1. The first-order valence-electron chi connectivity index (χ1n) is 7.60. The van der Waals surface area contributed by atoms with Crippen molar-refractivity contribution in [3.63, 3.8) is 0 Å². The van der Waals surface area contributed by atoms with Crippen molar-refractivity contribution in [2.75, 3.05) is 11.5 Å². The Hall–Kier alpha value is -0.930. The Morgan fingerprint density at radius 2 is 2.10 bits per heavy atom. The van der Waals surface area contributed by atoms with Crippen LogP contribution in [-0.4, -0.2) is 22.1 Å². The second kappa shape index (κ2) is 7.75. The average Bonchev–Trinajstić information content (AvgIpc) is 2.85. The van der Waals surface area contributed by atoms with Gasteiger partial charge in [0.25, 0.3) is 0 Å². The molecule has 0 aliphatic carbocycles. The van der Waals surface area contributed by atoms with Crippen molar-refractivity contribution in [3.8, 4) is 0 Å². The number of nitrogens with zero attached hydrogens (tertiary/aromatic N) is 1. The van der Waals surface area contributed by atoms with Crippen LogP contribution in [0.25, 0.3) is 10.9 Å². The lowest BCUT2D eigenvalue weighted by Crippen LogP contribution is -2.21. The zero-order valence-electron chi connectivity index (χ0n) is 12.9. The van der Waals surface area contributed by atoms with Crippen LogP contribution in [0.2, 0.25) is 0 Å². The van der Waals surface area contributed by atoms with Gasteiger partial charge in [-0.2, -0.15) is 11.8 Å². The molecule has 0 spiro atoms. The van der Waals surface area contributed by atoms with Gasteiger partial charge in [0.1, 0.15) is 0 Å². The highest BCUT2D eigenvalue weighted by Crippen LogP contribution is 2.21. The summed E-state index contributed by atoms with van der Waals surface area (Å²) in [4.78, 5) is 0.